The first-order chi connectivity index (χ1) is 9.72. The molecule has 0 heterocycles. The molecule has 1 atom stereocenters. The van der Waals surface area contributed by atoms with Crippen molar-refractivity contribution >= 4 is 0 Å². The molecule has 1 aliphatic rings. The van der Waals surface area contributed by atoms with Gasteiger partial charge in [0.1, 0.15) is 5.82 Å². The third-order valence-electron chi connectivity index (χ3n) is 4.65. The Morgan fingerprint density at radius 2 is 1.65 bits per heavy atom. The molecule has 0 aliphatic heterocycles. The lowest BCUT2D eigenvalue weighted by Gasteiger charge is -2.36. The molecule has 20 heavy (non-hydrogen) atoms. The summed E-state index contributed by atoms with van der Waals surface area (Å²) in [7, 11) is 0. The lowest BCUT2D eigenvalue weighted by Crippen LogP contribution is -2.36. The third kappa shape index (κ3) is 2.25. The van der Waals surface area contributed by atoms with Gasteiger partial charge in [-0.2, -0.15) is 0 Å². The van der Waals surface area contributed by atoms with E-state index in [2.05, 4.69) is 24.3 Å². The number of rotatable bonds is 3. The Morgan fingerprint density at radius 3 is 2.30 bits per heavy atom. The van der Waals surface area contributed by atoms with Crippen LogP contribution >= 0.6 is 0 Å². The van der Waals surface area contributed by atoms with E-state index >= 15 is 0 Å². The SMILES string of the molecule is NC(c1cccc(F)c1)C1(c2ccccc2)CCCC1. The minimum atomic E-state index is -0.209. The van der Waals surface area contributed by atoms with E-state index in [9.17, 15) is 4.39 Å². The van der Waals surface area contributed by atoms with Crippen molar-refractivity contribution in [1.82, 2.24) is 0 Å². The van der Waals surface area contributed by atoms with Crippen LogP contribution in [0.5, 0.6) is 0 Å². The predicted molar refractivity (Wildman–Crippen MR) is 79.9 cm³/mol. The second kappa shape index (κ2) is 5.37. The van der Waals surface area contributed by atoms with E-state index in [0.717, 1.165) is 18.4 Å². The lowest BCUT2D eigenvalue weighted by molar-refractivity contribution is 0.355. The van der Waals surface area contributed by atoms with Crippen LogP contribution in [-0.2, 0) is 5.41 Å². The summed E-state index contributed by atoms with van der Waals surface area (Å²) in [5.74, 6) is -0.209. The van der Waals surface area contributed by atoms with Crippen LogP contribution in [0.4, 0.5) is 4.39 Å². The van der Waals surface area contributed by atoms with E-state index in [1.807, 2.05) is 12.1 Å². The summed E-state index contributed by atoms with van der Waals surface area (Å²) in [5.41, 5.74) is 8.71. The zero-order chi connectivity index (χ0) is 14.0. The second-order valence-corrected chi connectivity index (χ2v) is 5.76. The standard InChI is InChI=1S/C18H20FN/c19-16-10-6-7-14(13-16)17(20)18(11-4-5-12-18)15-8-2-1-3-9-15/h1-3,6-10,13,17H,4-5,11-12,20H2. The van der Waals surface area contributed by atoms with Gasteiger partial charge in [0.05, 0.1) is 0 Å². The summed E-state index contributed by atoms with van der Waals surface area (Å²) >= 11 is 0. The quantitative estimate of drug-likeness (QED) is 0.881. The molecule has 1 saturated carbocycles. The van der Waals surface area contributed by atoms with Gasteiger partial charge in [-0.1, -0.05) is 55.3 Å². The van der Waals surface area contributed by atoms with Gasteiger partial charge in [-0.3, -0.25) is 0 Å². The highest BCUT2D eigenvalue weighted by molar-refractivity contribution is 5.34. The van der Waals surface area contributed by atoms with E-state index < -0.39 is 0 Å². The van der Waals surface area contributed by atoms with Crippen LogP contribution in [0.25, 0.3) is 0 Å². The Balaban J connectivity index is 2.03. The number of halogens is 1. The van der Waals surface area contributed by atoms with Crippen molar-refractivity contribution in [2.45, 2.75) is 37.1 Å². The van der Waals surface area contributed by atoms with Crippen LogP contribution in [0.1, 0.15) is 42.9 Å². The normalized spacial score (nSPS) is 18.9. The maximum absolute atomic E-state index is 13.5. The van der Waals surface area contributed by atoms with E-state index in [1.165, 1.54) is 24.5 Å². The van der Waals surface area contributed by atoms with Gasteiger partial charge in [-0.25, -0.2) is 4.39 Å². The van der Waals surface area contributed by atoms with Crippen LogP contribution in [-0.4, -0.2) is 0 Å². The molecule has 2 N–H and O–H groups in total. The zero-order valence-corrected chi connectivity index (χ0v) is 11.6. The van der Waals surface area contributed by atoms with Gasteiger partial charge >= 0.3 is 0 Å². The van der Waals surface area contributed by atoms with Gasteiger partial charge in [-0.05, 0) is 36.1 Å². The molecule has 2 aromatic rings. The van der Waals surface area contributed by atoms with Crippen molar-refractivity contribution in [1.29, 1.82) is 0 Å². The maximum Gasteiger partial charge on any atom is 0.123 e. The highest BCUT2D eigenvalue weighted by atomic mass is 19.1. The van der Waals surface area contributed by atoms with Crippen LogP contribution in [0.3, 0.4) is 0 Å². The van der Waals surface area contributed by atoms with Gasteiger partial charge in [0.25, 0.3) is 0 Å². The summed E-state index contributed by atoms with van der Waals surface area (Å²) in [6.45, 7) is 0. The minimum absolute atomic E-state index is 0.0466. The molecule has 0 amide bonds. The molecule has 0 aromatic heterocycles. The Kier molecular flexibility index (Phi) is 3.58. The third-order valence-corrected chi connectivity index (χ3v) is 4.65. The van der Waals surface area contributed by atoms with E-state index in [1.54, 1.807) is 12.1 Å². The van der Waals surface area contributed by atoms with Gasteiger partial charge in [0.2, 0.25) is 0 Å². The van der Waals surface area contributed by atoms with Crippen LogP contribution in [0.15, 0.2) is 54.6 Å². The second-order valence-electron chi connectivity index (χ2n) is 5.76. The summed E-state index contributed by atoms with van der Waals surface area (Å²) in [4.78, 5) is 0. The Bertz CT molecular complexity index is 573. The zero-order valence-electron chi connectivity index (χ0n) is 11.6. The fraction of sp³-hybridized carbons (Fsp3) is 0.333. The molecule has 3 rings (SSSR count). The Morgan fingerprint density at radius 1 is 0.950 bits per heavy atom. The molecule has 104 valence electrons. The first-order valence-electron chi connectivity index (χ1n) is 7.29. The highest BCUT2D eigenvalue weighted by Crippen LogP contribution is 2.48. The van der Waals surface area contributed by atoms with Crippen molar-refractivity contribution in [2.75, 3.05) is 0 Å². The highest BCUT2D eigenvalue weighted by Gasteiger charge is 2.41. The summed E-state index contributed by atoms with van der Waals surface area (Å²) < 4.78 is 13.5. The predicted octanol–water partition coefficient (Wildman–Crippen LogP) is 4.34. The fourth-order valence-electron chi connectivity index (χ4n) is 3.57. The van der Waals surface area contributed by atoms with E-state index in [0.29, 0.717) is 0 Å². The monoisotopic (exact) mass is 269 g/mol. The van der Waals surface area contributed by atoms with Crippen molar-refractivity contribution in [3.63, 3.8) is 0 Å². The molecular formula is C18H20FN. The first-order valence-corrected chi connectivity index (χ1v) is 7.29. The molecule has 0 radical (unpaired) electrons. The van der Waals surface area contributed by atoms with Gasteiger partial charge in [-0.15, -0.1) is 0 Å². The number of hydrogen-bond donors (Lipinski definition) is 1. The Hall–Kier alpha value is -1.67. The van der Waals surface area contributed by atoms with Gasteiger partial charge in [0, 0.05) is 11.5 Å². The lowest BCUT2D eigenvalue weighted by atomic mass is 9.71. The number of nitrogens with two attached hydrogens (primary N) is 1. The van der Waals surface area contributed by atoms with Crippen molar-refractivity contribution in [3.05, 3.63) is 71.5 Å². The Labute approximate surface area is 119 Å². The fourth-order valence-corrected chi connectivity index (χ4v) is 3.57. The molecule has 1 fully saturated rings. The number of benzene rings is 2. The maximum atomic E-state index is 13.5. The van der Waals surface area contributed by atoms with Crippen LogP contribution in [0.2, 0.25) is 0 Å². The molecule has 2 aromatic carbocycles. The molecule has 2 heteroatoms. The molecule has 0 bridgehead atoms. The van der Waals surface area contributed by atoms with Crippen molar-refractivity contribution < 1.29 is 4.39 Å². The van der Waals surface area contributed by atoms with E-state index in [4.69, 9.17) is 5.73 Å². The van der Waals surface area contributed by atoms with Crippen LogP contribution in [0, 0.1) is 5.82 Å². The average molecular weight is 269 g/mol. The molecular weight excluding hydrogens is 249 g/mol. The van der Waals surface area contributed by atoms with E-state index in [-0.39, 0.29) is 17.3 Å². The summed E-state index contributed by atoms with van der Waals surface area (Å²) in [6, 6.07) is 17.1. The molecule has 0 saturated heterocycles. The molecule has 1 nitrogen and oxygen atoms in total. The average Bonchev–Trinajstić information content (AvgIpc) is 2.98. The molecule has 1 aliphatic carbocycles. The largest absolute Gasteiger partial charge is 0.323 e. The first kappa shape index (κ1) is 13.3. The topological polar surface area (TPSA) is 26.0 Å². The minimum Gasteiger partial charge on any atom is -0.323 e. The smallest absolute Gasteiger partial charge is 0.123 e. The van der Waals surface area contributed by atoms with Crippen LogP contribution < -0.4 is 5.73 Å². The van der Waals surface area contributed by atoms with Gasteiger partial charge in [0.15, 0.2) is 0 Å². The van der Waals surface area contributed by atoms with Gasteiger partial charge < -0.3 is 5.73 Å². The summed E-state index contributed by atoms with van der Waals surface area (Å²) in [6.07, 6.45) is 4.54. The molecule has 0 spiro atoms. The number of hydrogen-bond acceptors (Lipinski definition) is 1. The summed E-state index contributed by atoms with van der Waals surface area (Å²) in [5, 5.41) is 0. The van der Waals surface area contributed by atoms with Crippen molar-refractivity contribution in [3.8, 4) is 0 Å². The molecule has 1 unspecified atom stereocenters. The van der Waals surface area contributed by atoms with Crippen molar-refractivity contribution in [2.24, 2.45) is 5.73 Å².